The van der Waals surface area contributed by atoms with E-state index in [0.717, 1.165) is 0 Å². The van der Waals surface area contributed by atoms with E-state index in [2.05, 4.69) is 20.6 Å². The first-order valence-electron chi connectivity index (χ1n) is 3.77. The van der Waals surface area contributed by atoms with E-state index in [9.17, 15) is 4.39 Å². The maximum atomic E-state index is 13.1. The van der Waals surface area contributed by atoms with Crippen molar-refractivity contribution in [1.29, 1.82) is 0 Å². The molecule has 66 valence electrons. The van der Waals surface area contributed by atoms with Crippen molar-refractivity contribution in [3.05, 3.63) is 29.6 Å². The maximum Gasteiger partial charge on any atom is 0.204 e. The Morgan fingerprint density at radius 2 is 2.23 bits per heavy atom. The van der Waals surface area contributed by atoms with Gasteiger partial charge in [0.1, 0.15) is 5.82 Å². The van der Waals surface area contributed by atoms with Gasteiger partial charge in [0.2, 0.25) is 5.82 Å². The number of H-pyrrole nitrogens is 1. The van der Waals surface area contributed by atoms with E-state index >= 15 is 0 Å². The molecule has 0 aliphatic carbocycles. The van der Waals surface area contributed by atoms with Crippen LogP contribution in [0.4, 0.5) is 4.39 Å². The Morgan fingerprint density at radius 3 is 2.85 bits per heavy atom. The molecule has 1 N–H and O–H groups in total. The summed E-state index contributed by atoms with van der Waals surface area (Å²) in [5.41, 5.74) is 1.23. The zero-order valence-electron chi connectivity index (χ0n) is 6.95. The first kappa shape index (κ1) is 7.85. The standard InChI is InChI=1S/C8H7FN4/c1-5-2-3-6(4-7(5)9)8-10-12-13-11-8/h2-4H,1H3,(H,10,11,12,13). The van der Waals surface area contributed by atoms with Gasteiger partial charge in [-0.1, -0.05) is 12.1 Å². The van der Waals surface area contributed by atoms with Gasteiger partial charge in [-0.2, -0.15) is 5.21 Å². The number of aromatic nitrogens is 4. The summed E-state index contributed by atoms with van der Waals surface area (Å²) in [6.07, 6.45) is 0. The fourth-order valence-electron chi connectivity index (χ4n) is 1.02. The summed E-state index contributed by atoms with van der Waals surface area (Å²) < 4.78 is 13.1. The summed E-state index contributed by atoms with van der Waals surface area (Å²) in [5.74, 6) is 0.140. The predicted molar refractivity (Wildman–Crippen MR) is 44.3 cm³/mol. The van der Waals surface area contributed by atoms with Crippen molar-refractivity contribution in [3.63, 3.8) is 0 Å². The van der Waals surface area contributed by atoms with Gasteiger partial charge in [-0.3, -0.25) is 0 Å². The molecule has 0 aliphatic heterocycles. The monoisotopic (exact) mass is 178 g/mol. The highest BCUT2D eigenvalue weighted by atomic mass is 19.1. The number of halogens is 1. The highest BCUT2D eigenvalue weighted by Crippen LogP contribution is 2.16. The molecule has 0 bridgehead atoms. The molecule has 0 fully saturated rings. The van der Waals surface area contributed by atoms with Crippen LogP contribution in [0.15, 0.2) is 18.2 Å². The number of tetrazole rings is 1. The van der Waals surface area contributed by atoms with Crippen LogP contribution in [0.1, 0.15) is 5.56 Å². The smallest absolute Gasteiger partial charge is 0.204 e. The third kappa shape index (κ3) is 1.40. The second kappa shape index (κ2) is 2.93. The Morgan fingerprint density at radius 1 is 1.38 bits per heavy atom. The molecule has 0 aliphatic rings. The number of hydrogen-bond donors (Lipinski definition) is 1. The fraction of sp³-hybridized carbons (Fsp3) is 0.125. The summed E-state index contributed by atoms with van der Waals surface area (Å²) in [6.45, 7) is 1.70. The molecule has 1 aromatic heterocycles. The number of aryl methyl sites for hydroxylation is 1. The first-order valence-corrected chi connectivity index (χ1v) is 3.77. The van der Waals surface area contributed by atoms with Crippen LogP contribution in [0.2, 0.25) is 0 Å². The zero-order chi connectivity index (χ0) is 9.26. The summed E-state index contributed by atoms with van der Waals surface area (Å²) in [6, 6.07) is 4.82. The Bertz CT molecular complexity index is 410. The molecule has 0 atom stereocenters. The second-order valence-corrected chi connectivity index (χ2v) is 2.70. The van der Waals surface area contributed by atoms with E-state index < -0.39 is 0 Å². The number of aromatic amines is 1. The van der Waals surface area contributed by atoms with Gasteiger partial charge in [-0.15, -0.1) is 10.2 Å². The van der Waals surface area contributed by atoms with Gasteiger partial charge in [-0.25, -0.2) is 4.39 Å². The lowest BCUT2D eigenvalue weighted by molar-refractivity contribution is 0.619. The topological polar surface area (TPSA) is 54.5 Å². The molecule has 5 heteroatoms. The third-order valence-electron chi connectivity index (χ3n) is 1.78. The number of hydrogen-bond acceptors (Lipinski definition) is 3. The molecule has 4 nitrogen and oxygen atoms in total. The minimum Gasteiger partial charge on any atom is -0.207 e. The zero-order valence-corrected chi connectivity index (χ0v) is 6.95. The molecule has 1 heterocycles. The maximum absolute atomic E-state index is 13.1. The van der Waals surface area contributed by atoms with Gasteiger partial charge in [-0.05, 0) is 23.8 Å². The van der Waals surface area contributed by atoms with Crippen molar-refractivity contribution in [1.82, 2.24) is 20.6 Å². The van der Waals surface area contributed by atoms with E-state index in [4.69, 9.17) is 0 Å². The van der Waals surface area contributed by atoms with E-state index in [1.54, 1.807) is 19.1 Å². The highest BCUT2D eigenvalue weighted by Gasteiger charge is 2.04. The predicted octanol–water partition coefficient (Wildman–Crippen LogP) is 1.31. The molecule has 0 saturated carbocycles. The summed E-state index contributed by atoms with van der Waals surface area (Å²) in [5, 5.41) is 13.2. The van der Waals surface area contributed by atoms with Crippen LogP contribution in [0.5, 0.6) is 0 Å². The molecule has 2 rings (SSSR count). The lowest BCUT2D eigenvalue weighted by Crippen LogP contribution is -1.86. The Labute approximate surface area is 73.8 Å². The lowest BCUT2D eigenvalue weighted by atomic mass is 10.1. The number of nitrogens with one attached hydrogen (secondary N) is 1. The molecular formula is C8H7FN4. The summed E-state index contributed by atoms with van der Waals surface area (Å²) in [4.78, 5) is 0. The summed E-state index contributed by atoms with van der Waals surface area (Å²) >= 11 is 0. The van der Waals surface area contributed by atoms with Crippen molar-refractivity contribution in [3.8, 4) is 11.4 Å². The van der Waals surface area contributed by atoms with Crippen LogP contribution in [0.25, 0.3) is 11.4 Å². The summed E-state index contributed by atoms with van der Waals surface area (Å²) in [7, 11) is 0. The Kier molecular flexibility index (Phi) is 1.77. The molecule has 13 heavy (non-hydrogen) atoms. The normalized spacial score (nSPS) is 10.3. The van der Waals surface area contributed by atoms with Crippen LogP contribution in [0.3, 0.4) is 0 Å². The van der Waals surface area contributed by atoms with E-state index in [-0.39, 0.29) is 5.82 Å². The number of benzene rings is 1. The second-order valence-electron chi connectivity index (χ2n) is 2.70. The van der Waals surface area contributed by atoms with Gasteiger partial charge in [0.25, 0.3) is 0 Å². The van der Waals surface area contributed by atoms with Gasteiger partial charge in [0, 0.05) is 5.56 Å². The first-order chi connectivity index (χ1) is 6.27. The van der Waals surface area contributed by atoms with Crippen LogP contribution in [-0.2, 0) is 0 Å². The molecule has 0 amide bonds. The fourth-order valence-corrected chi connectivity index (χ4v) is 1.02. The average molecular weight is 178 g/mol. The third-order valence-corrected chi connectivity index (χ3v) is 1.78. The SMILES string of the molecule is Cc1ccc(-c2nn[nH]n2)cc1F. The van der Waals surface area contributed by atoms with Gasteiger partial charge in [0.15, 0.2) is 0 Å². The van der Waals surface area contributed by atoms with E-state index in [0.29, 0.717) is 17.0 Å². The molecule has 1 aromatic carbocycles. The van der Waals surface area contributed by atoms with Crippen LogP contribution < -0.4 is 0 Å². The highest BCUT2D eigenvalue weighted by molar-refractivity contribution is 5.54. The minimum atomic E-state index is -0.262. The number of nitrogens with zero attached hydrogens (tertiary/aromatic N) is 3. The van der Waals surface area contributed by atoms with Crippen molar-refractivity contribution < 1.29 is 4.39 Å². The van der Waals surface area contributed by atoms with Crippen molar-refractivity contribution in [2.75, 3.05) is 0 Å². The van der Waals surface area contributed by atoms with E-state index in [1.807, 2.05) is 0 Å². The molecular weight excluding hydrogens is 171 g/mol. The Balaban J connectivity index is 2.49. The van der Waals surface area contributed by atoms with Gasteiger partial charge in [0.05, 0.1) is 0 Å². The number of rotatable bonds is 1. The van der Waals surface area contributed by atoms with Gasteiger partial charge < -0.3 is 0 Å². The van der Waals surface area contributed by atoms with Crippen LogP contribution >= 0.6 is 0 Å². The van der Waals surface area contributed by atoms with Crippen LogP contribution in [-0.4, -0.2) is 20.6 Å². The van der Waals surface area contributed by atoms with Crippen molar-refractivity contribution in [2.24, 2.45) is 0 Å². The van der Waals surface area contributed by atoms with Gasteiger partial charge >= 0.3 is 0 Å². The molecule has 0 unspecified atom stereocenters. The van der Waals surface area contributed by atoms with Crippen molar-refractivity contribution >= 4 is 0 Å². The Hall–Kier alpha value is -1.78. The van der Waals surface area contributed by atoms with Crippen molar-refractivity contribution in [2.45, 2.75) is 6.92 Å². The molecule has 0 saturated heterocycles. The van der Waals surface area contributed by atoms with E-state index in [1.165, 1.54) is 6.07 Å². The minimum absolute atomic E-state index is 0.262. The van der Waals surface area contributed by atoms with Crippen LogP contribution in [0, 0.1) is 12.7 Å². The molecule has 0 radical (unpaired) electrons. The quantitative estimate of drug-likeness (QED) is 0.716. The molecule has 0 spiro atoms. The largest absolute Gasteiger partial charge is 0.207 e. The molecule has 2 aromatic rings. The average Bonchev–Trinajstić information content (AvgIpc) is 2.62. The lowest BCUT2D eigenvalue weighted by Gasteiger charge is -1.97.